The van der Waals surface area contributed by atoms with Crippen molar-refractivity contribution in [3.05, 3.63) is 152 Å². The average molecular weight is 812 g/mol. The molecule has 5 aromatic carbocycles. The molecule has 1 saturated heterocycles. The Bertz CT molecular complexity index is 1590. The molecular weight excluding hydrogens is 741 g/mol. The van der Waals surface area contributed by atoms with Crippen LogP contribution in [-0.2, 0) is 0 Å². The first-order chi connectivity index (χ1) is 26.7. The van der Waals surface area contributed by atoms with Gasteiger partial charge in [0.1, 0.15) is 0 Å². The Balaban J connectivity index is 2.23. The fraction of sp³-hybridized carbons (Fsp3) is 0.400. The lowest BCUT2D eigenvalue weighted by Crippen LogP contribution is -2.93. The van der Waals surface area contributed by atoms with Crippen molar-refractivity contribution in [2.45, 2.75) is 129 Å². The summed E-state index contributed by atoms with van der Waals surface area (Å²) in [6, 6.07) is 63.7. The smallest absolute Gasteiger partial charge is 0.0654 e. The molecule has 0 amide bonds. The summed E-state index contributed by atoms with van der Waals surface area (Å²) >= 11 is 0. The van der Waals surface area contributed by atoms with Crippen LogP contribution in [0.5, 0.6) is 0 Å². The topological polar surface area (TPSA) is 0 Å². The minimum atomic E-state index is -2.71. The van der Waals surface area contributed by atoms with E-state index in [9.17, 15) is 0 Å². The maximum absolute atomic E-state index is 2.84. The maximum Gasteiger partial charge on any atom is 0.0839 e. The summed E-state index contributed by atoms with van der Waals surface area (Å²) in [6.07, 6.45) is 6.23. The van der Waals surface area contributed by atoms with Crippen molar-refractivity contribution < 1.29 is 0 Å². The molecule has 5 unspecified atom stereocenters. The summed E-state index contributed by atoms with van der Waals surface area (Å²) in [6.45, 7) is 27.2. The Morgan fingerprint density at radius 1 is 0.255 bits per heavy atom. The largest absolute Gasteiger partial charge is 0.0839 e. The molecular formula is C50H70Si5. The van der Waals surface area contributed by atoms with Crippen molar-refractivity contribution in [2.75, 3.05) is 0 Å². The summed E-state index contributed by atoms with van der Waals surface area (Å²) in [4.78, 5) is 0. The highest BCUT2D eigenvalue weighted by Crippen LogP contribution is 2.67. The summed E-state index contributed by atoms with van der Waals surface area (Å²) in [5.74, 6) is 0. The Morgan fingerprint density at radius 2 is 0.382 bits per heavy atom. The molecule has 1 aliphatic heterocycles. The van der Waals surface area contributed by atoms with Crippen LogP contribution < -0.4 is 25.9 Å². The van der Waals surface area contributed by atoms with Gasteiger partial charge < -0.3 is 0 Å². The lowest BCUT2D eigenvalue weighted by atomic mass is 10.4. The Labute approximate surface area is 340 Å². The summed E-state index contributed by atoms with van der Waals surface area (Å²) in [5.41, 5.74) is 3.19. The molecule has 0 nitrogen and oxygen atoms in total. The van der Waals surface area contributed by atoms with Gasteiger partial charge in [0, 0.05) is 0 Å². The third-order valence-corrected chi connectivity index (χ3v) is 127. The van der Waals surface area contributed by atoms with Crippen LogP contribution >= 0.6 is 0 Å². The van der Waals surface area contributed by atoms with E-state index in [4.69, 9.17) is 0 Å². The zero-order valence-electron chi connectivity index (χ0n) is 35.9. The lowest BCUT2D eigenvalue weighted by Gasteiger charge is -2.62. The van der Waals surface area contributed by atoms with Crippen LogP contribution in [0.2, 0.25) is 27.7 Å². The molecule has 290 valence electrons. The van der Waals surface area contributed by atoms with Gasteiger partial charge in [-0.3, -0.25) is 0 Å². The van der Waals surface area contributed by atoms with E-state index in [1.807, 2.05) is 25.9 Å². The average Bonchev–Trinajstić information content (AvgIpc) is 3.47. The first kappa shape index (κ1) is 41.8. The minimum absolute atomic E-state index is 0.637. The Kier molecular flexibility index (Phi) is 12.9. The number of benzene rings is 5. The van der Waals surface area contributed by atoms with Crippen LogP contribution in [-0.4, -0.2) is 35.5 Å². The van der Waals surface area contributed by atoms with Crippen molar-refractivity contribution in [2.24, 2.45) is 0 Å². The van der Waals surface area contributed by atoms with E-state index in [1.165, 1.54) is 32.1 Å². The van der Waals surface area contributed by atoms with Crippen LogP contribution in [0.3, 0.4) is 0 Å². The minimum Gasteiger partial charge on any atom is -0.0654 e. The number of hydrogen-bond donors (Lipinski definition) is 0. The van der Waals surface area contributed by atoms with Gasteiger partial charge in [-0.25, -0.2) is 0 Å². The molecule has 6 rings (SSSR count). The van der Waals surface area contributed by atoms with Crippen molar-refractivity contribution >= 4 is 61.5 Å². The van der Waals surface area contributed by atoms with Gasteiger partial charge in [0.2, 0.25) is 0 Å². The quantitative estimate of drug-likeness (QED) is 0.0924. The zero-order valence-corrected chi connectivity index (χ0v) is 40.9. The van der Waals surface area contributed by atoms with E-state index in [1.54, 1.807) is 0 Å². The van der Waals surface area contributed by atoms with Crippen molar-refractivity contribution in [1.29, 1.82) is 0 Å². The van der Waals surface area contributed by atoms with Crippen molar-refractivity contribution in [3.63, 3.8) is 0 Å². The van der Waals surface area contributed by atoms with Crippen LogP contribution in [0.15, 0.2) is 152 Å². The zero-order chi connectivity index (χ0) is 39.5. The summed E-state index contributed by atoms with van der Waals surface area (Å²) in [7, 11) is -13.6. The van der Waals surface area contributed by atoms with Crippen LogP contribution in [0.25, 0.3) is 0 Å². The molecule has 0 N–H and O–H groups in total. The third-order valence-electron chi connectivity index (χ3n) is 16.0. The normalized spacial score (nSPS) is 29.3. The fourth-order valence-corrected chi connectivity index (χ4v) is 230. The molecule has 5 atom stereocenters. The molecule has 0 spiro atoms. The van der Waals surface area contributed by atoms with Gasteiger partial charge in [0.15, 0.2) is 0 Å². The number of rotatable bonds is 15. The molecule has 55 heavy (non-hydrogen) atoms. The molecule has 1 heterocycles. The number of hydrogen-bond acceptors (Lipinski definition) is 0. The molecule has 5 heteroatoms. The Morgan fingerprint density at radius 3 is 0.491 bits per heavy atom. The van der Waals surface area contributed by atoms with E-state index in [0.717, 1.165) is 0 Å². The third kappa shape index (κ3) is 5.35. The van der Waals surface area contributed by atoms with Gasteiger partial charge >= 0.3 is 0 Å². The highest BCUT2D eigenvalue weighted by Gasteiger charge is 2.95. The highest BCUT2D eigenvalue weighted by molar-refractivity contribution is 8.21. The first-order valence-corrected chi connectivity index (χ1v) is 37.3. The molecule has 1 fully saturated rings. The molecule has 5 aromatic rings. The first-order valence-electron chi connectivity index (χ1n) is 22.0. The monoisotopic (exact) mass is 810 g/mol. The summed E-state index contributed by atoms with van der Waals surface area (Å²) in [5, 5.41) is 9.17. The maximum atomic E-state index is 2.84. The van der Waals surface area contributed by atoms with E-state index in [2.05, 4.69) is 221 Å². The van der Waals surface area contributed by atoms with Gasteiger partial charge in [-0.2, -0.15) is 0 Å². The Hall–Kier alpha value is -2.82. The second kappa shape index (κ2) is 17.0. The molecule has 1 aliphatic rings. The lowest BCUT2D eigenvalue weighted by molar-refractivity contribution is 0.828. The van der Waals surface area contributed by atoms with E-state index >= 15 is 0 Å². The molecule has 0 radical (unpaired) electrons. The second-order valence-electron chi connectivity index (χ2n) is 17.4. The van der Waals surface area contributed by atoms with Gasteiger partial charge in [0.05, 0.1) is 35.5 Å². The molecule has 0 bridgehead atoms. The van der Waals surface area contributed by atoms with Gasteiger partial charge in [0.25, 0.3) is 0 Å². The fourth-order valence-electron chi connectivity index (χ4n) is 14.2. The molecule has 0 aliphatic carbocycles. The second-order valence-corrected chi connectivity index (χ2v) is 64.5. The van der Waals surface area contributed by atoms with Gasteiger partial charge in [-0.1, -0.05) is 279 Å². The highest BCUT2D eigenvalue weighted by atomic mass is 30.2. The van der Waals surface area contributed by atoms with Gasteiger partial charge in [-0.15, -0.1) is 0 Å². The summed E-state index contributed by atoms with van der Waals surface area (Å²) < 4.78 is 0. The predicted octanol–water partition coefficient (Wildman–Crippen LogP) is 11.2. The van der Waals surface area contributed by atoms with Crippen LogP contribution in [0.4, 0.5) is 0 Å². The predicted molar refractivity (Wildman–Crippen MR) is 258 cm³/mol. The van der Waals surface area contributed by atoms with Crippen LogP contribution in [0, 0.1) is 0 Å². The SMILES string of the molecule is CCC(C)[Si]1(c2ccccc2)[Si](c2ccccc2)(C(C)CC)[Si](c2ccccc2)(C(C)CC)[Si](c2ccccc2)(C(C)CC)[Si]1(c1ccccc1)C(C)CC. The standard InChI is InChI=1S/C50H70Si5/c1-11-41(6)51(46-31-21-16-22-32-46)52(42(7)12-2,47-33-23-17-24-34-47)54(44(9)14-4,49-37-27-19-28-38-49)55(45(10)15-5,50-39-29-20-30-40-50)53(51,43(8)13-3)48-35-25-18-26-36-48/h16-45H,11-15H2,1-10H3. The molecule has 0 saturated carbocycles. The van der Waals surface area contributed by atoms with Crippen LogP contribution in [0.1, 0.15) is 101 Å². The van der Waals surface area contributed by atoms with Gasteiger partial charge in [-0.05, 0) is 27.7 Å². The van der Waals surface area contributed by atoms with Crippen molar-refractivity contribution in [3.8, 4) is 0 Å². The van der Waals surface area contributed by atoms with E-state index in [-0.39, 0.29) is 0 Å². The van der Waals surface area contributed by atoms with E-state index < -0.39 is 35.5 Å². The molecule has 0 aromatic heterocycles. The van der Waals surface area contributed by atoms with Crippen molar-refractivity contribution in [1.82, 2.24) is 0 Å². The van der Waals surface area contributed by atoms with E-state index in [0.29, 0.717) is 27.7 Å².